The number of benzene rings is 1. The molecule has 0 aliphatic heterocycles. The molecule has 0 unspecified atom stereocenters. The van der Waals surface area contributed by atoms with E-state index in [0.29, 0.717) is 6.20 Å². The molecule has 1 aromatic rings. The Hall–Kier alpha value is -2.44. The summed E-state index contributed by atoms with van der Waals surface area (Å²) in [7, 11) is 0. The first-order valence-corrected chi connectivity index (χ1v) is 4.99. The zero-order chi connectivity index (χ0) is 13.5. The fraction of sp³-hybridized carbons (Fsp3) is 0.0909. The molecule has 0 bridgehead atoms. The van der Waals surface area contributed by atoms with E-state index >= 15 is 0 Å². The number of hydrogen-bond donors (Lipinski definition) is 4. The number of carbonyl (C=O) groups is 1. The summed E-state index contributed by atoms with van der Waals surface area (Å²) in [6.07, 6.45) is 0.555. The highest BCUT2D eigenvalue weighted by molar-refractivity contribution is 6.03. The number of amidine groups is 1. The Morgan fingerprint density at radius 2 is 2.11 bits per heavy atom. The van der Waals surface area contributed by atoms with Crippen LogP contribution in [0.3, 0.4) is 0 Å². The van der Waals surface area contributed by atoms with Crippen LogP contribution in [0.5, 0.6) is 0 Å². The van der Waals surface area contributed by atoms with Crippen molar-refractivity contribution in [2.45, 2.75) is 6.54 Å². The molecule has 2 amide bonds. The maximum atomic E-state index is 13.2. The third kappa shape index (κ3) is 3.85. The van der Waals surface area contributed by atoms with Gasteiger partial charge in [0, 0.05) is 18.3 Å². The van der Waals surface area contributed by atoms with Crippen molar-refractivity contribution in [3.63, 3.8) is 0 Å². The molecule has 0 aliphatic carbocycles. The molecule has 7 heteroatoms. The molecule has 0 atom stereocenters. The standard InChI is InChI=1S/C11H12F2N4O/c12-8-4-2-1-3-7(8)6-16-11(18)17-10(15)9(13)5-14/h1-5H,6,14H2,(H3,15,16,17,18). The monoisotopic (exact) mass is 254 g/mol. The van der Waals surface area contributed by atoms with Crippen LogP contribution in [0.1, 0.15) is 5.56 Å². The highest BCUT2D eigenvalue weighted by atomic mass is 19.1. The number of rotatable bonds is 3. The Kier molecular flexibility index (Phi) is 4.79. The molecule has 0 saturated heterocycles. The van der Waals surface area contributed by atoms with Gasteiger partial charge in [0.25, 0.3) is 0 Å². The van der Waals surface area contributed by atoms with Crippen LogP contribution < -0.4 is 16.4 Å². The van der Waals surface area contributed by atoms with E-state index in [-0.39, 0.29) is 12.1 Å². The molecule has 0 radical (unpaired) electrons. The van der Waals surface area contributed by atoms with E-state index in [2.05, 4.69) is 5.32 Å². The van der Waals surface area contributed by atoms with Crippen molar-refractivity contribution in [2.24, 2.45) is 5.73 Å². The average Bonchev–Trinajstić information content (AvgIpc) is 2.36. The number of hydrogen-bond acceptors (Lipinski definition) is 3. The molecule has 0 aromatic heterocycles. The third-order valence-corrected chi connectivity index (χ3v) is 2.02. The van der Waals surface area contributed by atoms with Gasteiger partial charge in [0.15, 0.2) is 11.7 Å². The Balaban J connectivity index is 2.48. The van der Waals surface area contributed by atoms with Crippen LogP contribution in [0.15, 0.2) is 36.3 Å². The Morgan fingerprint density at radius 1 is 1.44 bits per heavy atom. The van der Waals surface area contributed by atoms with Gasteiger partial charge in [-0.15, -0.1) is 0 Å². The molecule has 5 N–H and O–H groups in total. The van der Waals surface area contributed by atoms with Crippen molar-refractivity contribution in [3.8, 4) is 0 Å². The largest absolute Gasteiger partial charge is 0.402 e. The summed E-state index contributed by atoms with van der Waals surface area (Å²) in [6, 6.07) is 5.09. The summed E-state index contributed by atoms with van der Waals surface area (Å²) in [5.41, 5.74) is 5.12. The van der Waals surface area contributed by atoms with Crippen LogP contribution in [-0.2, 0) is 6.54 Å². The smallest absolute Gasteiger partial charge is 0.320 e. The molecular weight excluding hydrogens is 242 g/mol. The van der Waals surface area contributed by atoms with Gasteiger partial charge in [0.1, 0.15) is 5.82 Å². The molecule has 0 heterocycles. The Morgan fingerprint density at radius 3 is 2.72 bits per heavy atom. The normalized spacial score (nSPS) is 10.9. The second kappa shape index (κ2) is 6.33. The molecule has 96 valence electrons. The van der Waals surface area contributed by atoms with E-state index in [0.717, 1.165) is 0 Å². The van der Waals surface area contributed by atoms with E-state index in [9.17, 15) is 13.6 Å². The third-order valence-electron chi connectivity index (χ3n) is 2.02. The van der Waals surface area contributed by atoms with Crippen molar-refractivity contribution in [3.05, 3.63) is 47.7 Å². The molecule has 5 nitrogen and oxygen atoms in total. The number of carbonyl (C=O) groups excluding carboxylic acids is 1. The zero-order valence-corrected chi connectivity index (χ0v) is 9.34. The summed E-state index contributed by atoms with van der Waals surface area (Å²) < 4.78 is 25.9. The van der Waals surface area contributed by atoms with E-state index in [1.54, 1.807) is 6.07 Å². The first-order chi connectivity index (χ1) is 8.54. The fourth-order valence-electron chi connectivity index (χ4n) is 1.12. The Labute approximate surface area is 102 Å². The van der Waals surface area contributed by atoms with Crippen molar-refractivity contribution in [1.29, 1.82) is 5.41 Å². The lowest BCUT2D eigenvalue weighted by atomic mass is 10.2. The minimum Gasteiger partial charge on any atom is -0.402 e. The molecule has 0 spiro atoms. The summed E-state index contributed by atoms with van der Waals surface area (Å²) in [6.45, 7) is -0.0697. The molecule has 0 fully saturated rings. The summed E-state index contributed by atoms with van der Waals surface area (Å²) in [4.78, 5) is 11.2. The van der Waals surface area contributed by atoms with E-state index in [1.165, 1.54) is 18.2 Å². The van der Waals surface area contributed by atoms with Crippen LogP contribution >= 0.6 is 0 Å². The number of nitrogens with two attached hydrogens (primary N) is 1. The van der Waals surface area contributed by atoms with Crippen molar-refractivity contribution in [1.82, 2.24) is 10.6 Å². The van der Waals surface area contributed by atoms with Gasteiger partial charge in [-0.2, -0.15) is 0 Å². The van der Waals surface area contributed by atoms with Gasteiger partial charge in [-0.05, 0) is 6.07 Å². The van der Waals surface area contributed by atoms with Gasteiger partial charge in [-0.3, -0.25) is 10.7 Å². The van der Waals surface area contributed by atoms with Crippen LogP contribution in [0.4, 0.5) is 13.6 Å². The van der Waals surface area contributed by atoms with Crippen molar-refractivity contribution >= 4 is 11.9 Å². The number of amides is 2. The first-order valence-electron chi connectivity index (χ1n) is 4.99. The molecule has 0 aliphatic rings. The van der Waals surface area contributed by atoms with Gasteiger partial charge in [0.2, 0.25) is 0 Å². The summed E-state index contributed by atoms with van der Waals surface area (Å²) >= 11 is 0. The SMILES string of the molecule is N=C(NC(=O)NCc1ccccc1F)C(F)=CN. The second-order valence-corrected chi connectivity index (χ2v) is 3.29. The van der Waals surface area contributed by atoms with Gasteiger partial charge in [-0.1, -0.05) is 18.2 Å². The number of halogens is 2. The predicted octanol–water partition coefficient (Wildman–Crippen LogP) is 1.37. The summed E-state index contributed by atoms with van der Waals surface area (Å²) in [5.74, 6) is -2.28. The van der Waals surface area contributed by atoms with Gasteiger partial charge < -0.3 is 11.1 Å². The van der Waals surface area contributed by atoms with Crippen LogP contribution in [0.2, 0.25) is 0 Å². The summed E-state index contributed by atoms with van der Waals surface area (Å²) in [5, 5.41) is 11.3. The van der Waals surface area contributed by atoms with Crippen molar-refractivity contribution in [2.75, 3.05) is 0 Å². The average molecular weight is 254 g/mol. The molecule has 18 heavy (non-hydrogen) atoms. The van der Waals surface area contributed by atoms with Gasteiger partial charge >= 0.3 is 6.03 Å². The maximum absolute atomic E-state index is 13.2. The van der Waals surface area contributed by atoms with E-state index in [1.807, 2.05) is 5.32 Å². The van der Waals surface area contributed by atoms with Crippen LogP contribution in [-0.4, -0.2) is 11.9 Å². The minimum atomic E-state index is -1.06. The molecule has 1 aromatic carbocycles. The second-order valence-electron chi connectivity index (χ2n) is 3.29. The predicted molar refractivity (Wildman–Crippen MR) is 62.9 cm³/mol. The number of nitrogens with one attached hydrogen (secondary N) is 3. The molecule has 1 rings (SSSR count). The Bertz CT molecular complexity index is 488. The van der Waals surface area contributed by atoms with Crippen LogP contribution in [0, 0.1) is 11.2 Å². The number of urea groups is 1. The molecular formula is C11H12F2N4O. The maximum Gasteiger partial charge on any atom is 0.320 e. The molecule has 0 saturated carbocycles. The van der Waals surface area contributed by atoms with Gasteiger partial charge in [-0.25, -0.2) is 13.6 Å². The van der Waals surface area contributed by atoms with Crippen molar-refractivity contribution < 1.29 is 13.6 Å². The zero-order valence-electron chi connectivity index (χ0n) is 9.34. The minimum absolute atomic E-state index is 0.0697. The highest BCUT2D eigenvalue weighted by Gasteiger charge is 2.09. The van der Waals surface area contributed by atoms with E-state index < -0.39 is 23.5 Å². The van der Waals surface area contributed by atoms with E-state index in [4.69, 9.17) is 11.1 Å². The van der Waals surface area contributed by atoms with Gasteiger partial charge in [0.05, 0.1) is 0 Å². The fourth-order valence-corrected chi connectivity index (χ4v) is 1.12. The van der Waals surface area contributed by atoms with Crippen LogP contribution in [0.25, 0.3) is 0 Å². The lowest BCUT2D eigenvalue weighted by molar-refractivity contribution is 0.244. The lowest BCUT2D eigenvalue weighted by Gasteiger charge is -2.07. The highest BCUT2D eigenvalue weighted by Crippen LogP contribution is 2.05. The topological polar surface area (TPSA) is 91.0 Å². The quantitative estimate of drug-likeness (QED) is 0.484. The first kappa shape index (κ1) is 13.6. The lowest BCUT2D eigenvalue weighted by Crippen LogP contribution is -2.39.